The highest BCUT2D eigenvalue weighted by molar-refractivity contribution is 5.92. The molecular weight excluding hydrogens is 468 g/mol. The van der Waals surface area contributed by atoms with E-state index in [0.717, 1.165) is 17.5 Å². The fourth-order valence-corrected chi connectivity index (χ4v) is 5.47. The van der Waals surface area contributed by atoms with Crippen molar-refractivity contribution in [1.29, 1.82) is 0 Å². The molecule has 198 valence electrons. The highest BCUT2D eigenvalue weighted by Crippen LogP contribution is 2.45. The van der Waals surface area contributed by atoms with Gasteiger partial charge in [-0.3, -0.25) is 14.4 Å². The second-order valence-electron chi connectivity index (χ2n) is 11.0. The van der Waals surface area contributed by atoms with E-state index in [4.69, 9.17) is 10.5 Å². The van der Waals surface area contributed by atoms with Gasteiger partial charge in [0.05, 0.1) is 24.2 Å². The summed E-state index contributed by atoms with van der Waals surface area (Å²) in [5, 5.41) is 2.81. The third kappa shape index (κ3) is 6.02. The Labute approximate surface area is 219 Å². The Hall–Kier alpha value is -3.23. The molecule has 4 rings (SSSR count). The van der Waals surface area contributed by atoms with E-state index in [1.165, 1.54) is 0 Å². The summed E-state index contributed by atoms with van der Waals surface area (Å²) in [6, 6.07) is 18.7. The van der Waals surface area contributed by atoms with Crippen molar-refractivity contribution in [2.24, 2.45) is 17.1 Å². The molecule has 2 saturated heterocycles. The van der Waals surface area contributed by atoms with Crippen LogP contribution in [0.5, 0.6) is 0 Å². The molecule has 3 amide bonds. The Morgan fingerprint density at radius 1 is 1.11 bits per heavy atom. The van der Waals surface area contributed by atoms with Crippen LogP contribution in [0.2, 0.25) is 0 Å². The number of fused-ring (bicyclic) bond motifs is 1. The lowest BCUT2D eigenvalue weighted by atomic mass is 9.69. The maximum absolute atomic E-state index is 13.8. The van der Waals surface area contributed by atoms with E-state index < -0.39 is 22.9 Å². The van der Waals surface area contributed by atoms with Crippen molar-refractivity contribution >= 4 is 17.7 Å². The molecule has 8 nitrogen and oxygen atoms in total. The van der Waals surface area contributed by atoms with Gasteiger partial charge in [-0.05, 0) is 43.7 Å². The molecule has 0 saturated carbocycles. The number of amides is 3. The number of benzene rings is 2. The first-order valence-electron chi connectivity index (χ1n) is 12.9. The summed E-state index contributed by atoms with van der Waals surface area (Å²) in [4.78, 5) is 43.6. The van der Waals surface area contributed by atoms with E-state index in [0.29, 0.717) is 32.7 Å². The number of nitrogens with one attached hydrogen (secondary N) is 1. The summed E-state index contributed by atoms with van der Waals surface area (Å²) < 4.78 is 5.87. The Bertz CT molecular complexity index is 1100. The van der Waals surface area contributed by atoms with Crippen molar-refractivity contribution in [3.63, 3.8) is 0 Å². The molecule has 3 atom stereocenters. The fraction of sp³-hybridized carbons (Fsp3) is 0.483. The minimum absolute atomic E-state index is 0.00894. The van der Waals surface area contributed by atoms with Crippen molar-refractivity contribution in [3.05, 3.63) is 71.8 Å². The summed E-state index contributed by atoms with van der Waals surface area (Å²) in [6.07, 6.45) is 1.30. The number of carbonyl (C=O) groups is 3. The van der Waals surface area contributed by atoms with Gasteiger partial charge in [0.25, 0.3) is 0 Å². The lowest BCUT2D eigenvalue weighted by Crippen LogP contribution is -2.61. The highest BCUT2D eigenvalue weighted by Gasteiger charge is 2.56. The molecule has 2 aliphatic rings. The van der Waals surface area contributed by atoms with Gasteiger partial charge in [-0.25, -0.2) is 0 Å². The summed E-state index contributed by atoms with van der Waals surface area (Å²) in [5.74, 6) is -0.443. The number of nitrogens with zero attached hydrogens (tertiary/aromatic N) is 2. The standard InChI is InChI=1S/C29H38N4O4/c1-28(2,30)26(35)31-24(19-37-18-22-12-8-5-9-13-22)25(34)33-15-14-23-17-32(3)27(36)29(23,20-33)16-21-10-6-4-7-11-21/h4-13,23-24H,14-20,30H2,1-3H3,(H,31,35)/t23-,24?,29+/m0/s1. The van der Waals surface area contributed by atoms with Crippen molar-refractivity contribution in [2.75, 3.05) is 33.3 Å². The zero-order valence-electron chi connectivity index (χ0n) is 22.0. The van der Waals surface area contributed by atoms with E-state index in [1.807, 2.05) is 67.7 Å². The van der Waals surface area contributed by atoms with Crippen LogP contribution in [0, 0.1) is 11.3 Å². The maximum atomic E-state index is 13.8. The quantitative estimate of drug-likeness (QED) is 0.541. The number of nitrogens with two attached hydrogens (primary N) is 1. The minimum atomic E-state index is -1.15. The van der Waals surface area contributed by atoms with Crippen LogP contribution in [0.4, 0.5) is 0 Å². The van der Waals surface area contributed by atoms with Gasteiger partial charge in [-0.2, -0.15) is 0 Å². The van der Waals surface area contributed by atoms with E-state index in [9.17, 15) is 14.4 Å². The first-order valence-corrected chi connectivity index (χ1v) is 12.9. The van der Waals surface area contributed by atoms with Gasteiger partial charge < -0.3 is 25.6 Å². The molecule has 2 heterocycles. The number of rotatable bonds is 9. The Morgan fingerprint density at radius 3 is 2.35 bits per heavy atom. The van der Waals surface area contributed by atoms with Gasteiger partial charge in [0.2, 0.25) is 17.7 Å². The van der Waals surface area contributed by atoms with Gasteiger partial charge in [0, 0.05) is 26.7 Å². The second-order valence-corrected chi connectivity index (χ2v) is 11.0. The molecule has 0 bridgehead atoms. The lowest BCUT2D eigenvalue weighted by molar-refractivity contribution is -0.147. The van der Waals surface area contributed by atoms with Crippen LogP contribution in [0.1, 0.15) is 31.4 Å². The van der Waals surface area contributed by atoms with E-state index in [2.05, 4.69) is 5.32 Å². The normalized spacial score (nSPS) is 22.5. The Kier molecular flexibility index (Phi) is 7.99. The molecule has 2 fully saturated rings. The zero-order valence-corrected chi connectivity index (χ0v) is 22.0. The molecule has 2 aromatic rings. The number of ether oxygens (including phenoxy) is 1. The van der Waals surface area contributed by atoms with E-state index in [1.54, 1.807) is 23.6 Å². The molecular formula is C29H38N4O4. The zero-order chi connectivity index (χ0) is 26.6. The average molecular weight is 507 g/mol. The number of hydrogen-bond donors (Lipinski definition) is 2. The lowest BCUT2D eigenvalue weighted by Gasteiger charge is -2.44. The summed E-state index contributed by atoms with van der Waals surface area (Å²) in [5.41, 5.74) is 6.22. The summed E-state index contributed by atoms with van der Waals surface area (Å²) in [7, 11) is 1.84. The van der Waals surface area contributed by atoms with Crippen molar-refractivity contribution in [3.8, 4) is 0 Å². The average Bonchev–Trinajstić information content (AvgIpc) is 3.12. The van der Waals surface area contributed by atoms with Gasteiger partial charge in [-0.15, -0.1) is 0 Å². The molecule has 0 aliphatic carbocycles. The van der Waals surface area contributed by atoms with Crippen LogP contribution in [-0.2, 0) is 32.1 Å². The first-order chi connectivity index (χ1) is 17.6. The van der Waals surface area contributed by atoms with Gasteiger partial charge in [-0.1, -0.05) is 60.7 Å². The van der Waals surface area contributed by atoms with E-state index >= 15 is 0 Å². The van der Waals surface area contributed by atoms with Crippen LogP contribution in [-0.4, -0.2) is 72.4 Å². The van der Waals surface area contributed by atoms with Crippen LogP contribution >= 0.6 is 0 Å². The number of carbonyl (C=O) groups excluding carboxylic acids is 3. The number of piperidine rings is 1. The van der Waals surface area contributed by atoms with Crippen molar-refractivity contribution in [2.45, 2.75) is 44.9 Å². The van der Waals surface area contributed by atoms with Gasteiger partial charge >= 0.3 is 0 Å². The molecule has 0 aromatic heterocycles. The van der Waals surface area contributed by atoms with Crippen molar-refractivity contribution < 1.29 is 19.1 Å². The highest BCUT2D eigenvalue weighted by atomic mass is 16.5. The summed E-state index contributed by atoms with van der Waals surface area (Å²) in [6.45, 7) is 5.05. The fourth-order valence-electron chi connectivity index (χ4n) is 5.47. The Morgan fingerprint density at radius 2 is 1.73 bits per heavy atom. The molecule has 37 heavy (non-hydrogen) atoms. The van der Waals surface area contributed by atoms with E-state index in [-0.39, 0.29) is 24.3 Å². The SMILES string of the molecule is CN1C[C@@H]2CCN(C(=O)C(COCc3ccccc3)NC(=O)C(C)(C)N)C[C@@]2(Cc2ccccc2)C1=O. The third-order valence-electron chi connectivity index (χ3n) is 7.53. The maximum Gasteiger partial charge on any atom is 0.247 e. The van der Waals surface area contributed by atoms with Crippen LogP contribution < -0.4 is 11.1 Å². The molecule has 2 aromatic carbocycles. The number of likely N-dealkylation sites (tertiary alicyclic amines) is 2. The summed E-state index contributed by atoms with van der Waals surface area (Å²) >= 11 is 0. The monoisotopic (exact) mass is 506 g/mol. The van der Waals surface area contributed by atoms with Crippen LogP contribution in [0.25, 0.3) is 0 Å². The predicted molar refractivity (Wildman–Crippen MR) is 141 cm³/mol. The third-order valence-corrected chi connectivity index (χ3v) is 7.53. The second kappa shape index (κ2) is 11.0. The smallest absolute Gasteiger partial charge is 0.247 e. The largest absolute Gasteiger partial charge is 0.374 e. The first kappa shape index (κ1) is 26.8. The molecule has 3 N–H and O–H groups in total. The van der Waals surface area contributed by atoms with Crippen molar-refractivity contribution in [1.82, 2.24) is 15.1 Å². The Balaban J connectivity index is 1.53. The predicted octanol–water partition coefficient (Wildman–Crippen LogP) is 1.97. The molecule has 2 aliphatic heterocycles. The topological polar surface area (TPSA) is 105 Å². The van der Waals surface area contributed by atoms with Crippen LogP contribution in [0.3, 0.4) is 0 Å². The molecule has 1 unspecified atom stereocenters. The van der Waals surface area contributed by atoms with Gasteiger partial charge in [0.15, 0.2) is 0 Å². The molecule has 8 heteroatoms. The number of hydrogen-bond acceptors (Lipinski definition) is 5. The molecule has 0 radical (unpaired) electrons. The van der Waals surface area contributed by atoms with Crippen LogP contribution in [0.15, 0.2) is 60.7 Å². The molecule has 0 spiro atoms. The van der Waals surface area contributed by atoms with Gasteiger partial charge in [0.1, 0.15) is 6.04 Å². The minimum Gasteiger partial charge on any atom is -0.374 e.